The summed E-state index contributed by atoms with van der Waals surface area (Å²) in [4.78, 5) is 0. The standard InChI is InChI=1S/C20H24F6O2/c1-10(2)15-7-11(3-4-17(15)27)16-8-12-5-13(16)6-14(12)9-18(28,19(21,22)23)20(24,25)26/h3-4,7,10,12-14,16,27-28H,5-6,8-9H2,1-2H3. The van der Waals surface area contributed by atoms with Crippen molar-refractivity contribution in [1.82, 2.24) is 0 Å². The van der Waals surface area contributed by atoms with Crippen LogP contribution in [0.3, 0.4) is 0 Å². The van der Waals surface area contributed by atoms with Crippen LogP contribution in [0.5, 0.6) is 5.75 Å². The maximum absolute atomic E-state index is 13.0. The van der Waals surface area contributed by atoms with Gasteiger partial charge in [0.05, 0.1) is 0 Å². The van der Waals surface area contributed by atoms with Gasteiger partial charge < -0.3 is 10.2 Å². The highest BCUT2D eigenvalue weighted by Gasteiger charge is 2.71. The van der Waals surface area contributed by atoms with Crippen LogP contribution in [0.1, 0.15) is 62.5 Å². The van der Waals surface area contributed by atoms with Gasteiger partial charge in [0.15, 0.2) is 0 Å². The van der Waals surface area contributed by atoms with Crippen molar-refractivity contribution in [3.63, 3.8) is 0 Å². The maximum atomic E-state index is 13.0. The van der Waals surface area contributed by atoms with Crippen LogP contribution in [0.2, 0.25) is 0 Å². The molecule has 0 saturated heterocycles. The monoisotopic (exact) mass is 410 g/mol. The van der Waals surface area contributed by atoms with Gasteiger partial charge in [-0.15, -0.1) is 0 Å². The van der Waals surface area contributed by atoms with Crippen molar-refractivity contribution in [2.45, 2.75) is 69.3 Å². The third-order valence-electron chi connectivity index (χ3n) is 6.60. The Morgan fingerprint density at radius 2 is 1.57 bits per heavy atom. The summed E-state index contributed by atoms with van der Waals surface area (Å²) in [6.07, 6.45) is -11.5. The molecule has 0 spiro atoms. The lowest BCUT2D eigenvalue weighted by Crippen LogP contribution is -2.58. The molecule has 2 N–H and O–H groups in total. The van der Waals surface area contributed by atoms with Crippen LogP contribution in [0, 0.1) is 17.8 Å². The number of hydrogen-bond acceptors (Lipinski definition) is 2. The van der Waals surface area contributed by atoms with E-state index in [1.54, 1.807) is 12.1 Å². The molecule has 0 radical (unpaired) electrons. The lowest BCUT2D eigenvalue weighted by atomic mass is 9.74. The van der Waals surface area contributed by atoms with E-state index >= 15 is 0 Å². The number of fused-ring (bicyclic) bond motifs is 2. The molecule has 2 bridgehead atoms. The SMILES string of the molecule is CC(C)c1cc(C2CC3CC2CC3CC(O)(C(F)(F)F)C(F)(F)F)ccc1O. The smallest absolute Gasteiger partial charge is 0.426 e. The first-order valence-corrected chi connectivity index (χ1v) is 9.43. The third kappa shape index (κ3) is 3.48. The molecule has 3 rings (SSSR count). The van der Waals surface area contributed by atoms with Crippen molar-refractivity contribution in [1.29, 1.82) is 0 Å². The molecule has 8 heteroatoms. The fourth-order valence-corrected chi connectivity index (χ4v) is 5.09. The number of aromatic hydroxyl groups is 1. The maximum Gasteiger partial charge on any atom is 0.426 e. The molecule has 4 atom stereocenters. The quantitative estimate of drug-likeness (QED) is 0.608. The number of hydrogen-bond donors (Lipinski definition) is 2. The second-order valence-electron chi connectivity index (χ2n) is 8.63. The van der Waals surface area contributed by atoms with E-state index in [2.05, 4.69) is 0 Å². The van der Waals surface area contributed by atoms with Crippen LogP contribution in [-0.4, -0.2) is 28.2 Å². The van der Waals surface area contributed by atoms with Gasteiger partial charge >= 0.3 is 12.4 Å². The number of phenols is 1. The van der Waals surface area contributed by atoms with E-state index in [0.717, 1.165) is 11.1 Å². The highest BCUT2D eigenvalue weighted by molar-refractivity contribution is 5.40. The zero-order valence-electron chi connectivity index (χ0n) is 15.6. The molecule has 2 saturated carbocycles. The van der Waals surface area contributed by atoms with Gasteiger partial charge in [-0.1, -0.05) is 26.0 Å². The number of rotatable bonds is 4. The van der Waals surface area contributed by atoms with Crippen LogP contribution in [-0.2, 0) is 0 Å². The molecule has 2 aliphatic rings. The Morgan fingerprint density at radius 1 is 0.964 bits per heavy atom. The molecule has 1 aromatic rings. The Hall–Kier alpha value is -1.44. The van der Waals surface area contributed by atoms with E-state index in [9.17, 15) is 36.6 Å². The van der Waals surface area contributed by atoms with Crippen LogP contribution in [0.25, 0.3) is 0 Å². The second kappa shape index (κ2) is 6.82. The highest BCUT2D eigenvalue weighted by atomic mass is 19.4. The molecule has 0 aliphatic heterocycles. The summed E-state index contributed by atoms with van der Waals surface area (Å²) in [6.45, 7) is 3.87. The summed E-state index contributed by atoms with van der Waals surface area (Å²) in [7, 11) is 0. The number of benzene rings is 1. The molecule has 2 nitrogen and oxygen atoms in total. The first-order chi connectivity index (χ1) is 12.7. The van der Waals surface area contributed by atoms with E-state index in [1.165, 1.54) is 0 Å². The Labute approximate surface area is 159 Å². The molecular formula is C20H24F6O2. The van der Waals surface area contributed by atoms with Crippen molar-refractivity contribution in [3.8, 4) is 5.75 Å². The molecule has 2 aliphatic carbocycles. The largest absolute Gasteiger partial charge is 0.508 e. The van der Waals surface area contributed by atoms with Crippen molar-refractivity contribution >= 4 is 0 Å². The lowest BCUT2D eigenvalue weighted by Gasteiger charge is -2.37. The summed E-state index contributed by atoms with van der Waals surface area (Å²) < 4.78 is 78.0. The summed E-state index contributed by atoms with van der Waals surface area (Å²) in [5.74, 6) is -0.756. The van der Waals surface area contributed by atoms with Gasteiger partial charge in [-0.3, -0.25) is 0 Å². The van der Waals surface area contributed by atoms with Crippen molar-refractivity contribution in [2.75, 3.05) is 0 Å². The summed E-state index contributed by atoms with van der Waals surface area (Å²) >= 11 is 0. The first kappa shape index (κ1) is 21.3. The molecule has 0 heterocycles. The van der Waals surface area contributed by atoms with Crippen LogP contribution in [0.4, 0.5) is 26.3 Å². The molecule has 28 heavy (non-hydrogen) atoms. The second-order valence-corrected chi connectivity index (χ2v) is 8.63. The van der Waals surface area contributed by atoms with Gasteiger partial charge in [-0.25, -0.2) is 0 Å². The van der Waals surface area contributed by atoms with Crippen molar-refractivity contribution in [2.24, 2.45) is 17.8 Å². The normalized spacial score (nSPS) is 28.4. The molecule has 158 valence electrons. The fourth-order valence-electron chi connectivity index (χ4n) is 5.09. The number of aliphatic hydroxyl groups is 1. The van der Waals surface area contributed by atoms with Gasteiger partial charge in [0.2, 0.25) is 0 Å². The van der Waals surface area contributed by atoms with Gasteiger partial charge in [0.1, 0.15) is 5.75 Å². The van der Waals surface area contributed by atoms with E-state index < -0.39 is 30.3 Å². The third-order valence-corrected chi connectivity index (χ3v) is 6.60. The van der Waals surface area contributed by atoms with Gasteiger partial charge in [-0.05, 0) is 72.5 Å². The van der Waals surface area contributed by atoms with E-state index in [0.29, 0.717) is 12.8 Å². The summed E-state index contributed by atoms with van der Waals surface area (Å²) in [6, 6.07) is 5.27. The van der Waals surface area contributed by atoms with Gasteiger partial charge in [-0.2, -0.15) is 26.3 Å². The van der Waals surface area contributed by atoms with Crippen molar-refractivity contribution in [3.05, 3.63) is 29.3 Å². The minimum Gasteiger partial charge on any atom is -0.508 e. The molecule has 4 unspecified atom stereocenters. The van der Waals surface area contributed by atoms with Gasteiger partial charge in [0.25, 0.3) is 5.60 Å². The average molecular weight is 410 g/mol. The Bertz CT molecular complexity index is 710. The number of halogens is 6. The molecular weight excluding hydrogens is 386 g/mol. The van der Waals surface area contributed by atoms with Crippen LogP contribution >= 0.6 is 0 Å². The first-order valence-electron chi connectivity index (χ1n) is 9.43. The van der Waals surface area contributed by atoms with Crippen LogP contribution < -0.4 is 0 Å². The molecule has 0 amide bonds. The van der Waals surface area contributed by atoms with E-state index in [4.69, 9.17) is 0 Å². The summed E-state index contributed by atoms with van der Waals surface area (Å²) in [5.41, 5.74) is -2.91. The molecule has 2 fully saturated rings. The topological polar surface area (TPSA) is 40.5 Å². The Morgan fingerprint density at radius 3 is 2.04 bits per heavy atom. The van der Waals surface area contributed by atoms with E-state index in [1.807, 2.05) is 19.9 Å². The molecule has 0 aromatic heterocycles. The predicted octanol–water partition coefficient (Wildman–Crippen LogP) is 5.89. The van der Waals surface area contributed by atoms with Crippen LogP contribution in [0.15, 0.2) is 18.2 Å². The Kier molecular flexibility index (Phi) is 5.18. The fraction of sp³-hybridized carbons (Fsp3) is 0.700. The zero-order valence-corrected chi connectivity index (χ0v) is 15.6. The lowest BCUT2D eigenvalue weighted by molar-refractivity contribution is -0.373. The van der Waals surface area contributed by atoms with Crippen molar-refractivity contribution < 1.29 is 36.6 Å². The molecule has 1 aromatic carbocycles. The Balaban J connectivity index is 1.76. The minimum atomic E-state index is -5.75. The number of alkyl halides is 6. The van der Waals surface area contributed by atoms with Gasteiger partial charge in [0, 0.05) is 0 Å². The summed E-state index contributed by atoms with van der Waals surface area (Å²) in [5, 5.41) is 19.5. The van der Waals surface area contributed by atoms with E-state index in [-0.39, 0.29) is 35.8 Å². The zero-order chi connectivity index (χ0) is 21.1. The highest BCUT2D eigenvalue weighted by Crippen LogP contribution is 2.59. The number of phenolic OH excluding ortho intramolecular Hbond substituents is 1. The average Bonchev–Trinajstić information content (AvgIpc) is 3.13. The minimum absolute atomic E-state index is 0.00901. The predicted molar refractivity (Wildman–Crippen MR) is 90.9 cm³/mol.